The Morgan fingerprint density at radius 3 is 1.11 bits per heavy atom. The molecule has 144 valence electrons. The van der Waals surface area contributed by atoms with Crippen LogP contribution in [0.25, 0.3) is 33.7 Å². The molecule has 4 aromatic carbocycles. The lowest BCUT2D eigenvalue weighted by Gasteiger charge is -2.07. The highest BCUT2D eigenvalue weighted by molar-refractivity contribution is 5.98. The van der Waals surface area contributed by atoms with Crippen LogP contribution in [0.3, 0.4) is 0 Å². The topological polar surface area (TPSA) is 0 Å². The molecule has 0 heteroatoms. The molecule has 0 aliphatic heterocycles. The first-order chi connectivity index (χ1) is 13.7. The summed E-state index contributed by atoms with van der Waals surface area (Å²) in [6.45, 7) is 12.3. The van der Waals surface area contributed by atoms with Crippen LogP contribution in [0, 0.1) is 13.8 Å². The molecule has 0 fully saturated rings. The Bertz CT molecular complexity index is 981. The Kier molecular flexibility index (Phi) is 8.02. The van der Waals surface area contributed by atoms with E-state index in [1.807, 2.05) is 27.7 Å². The Balaban J connectivity index is 0.000000660. The van der Waals surface area contributed by atoms with Crippen LogP contribution in [-0.2, 0) is 0 Å². The van der Waals surface area contributed by atoms with Crippen LogP contribution in [-0.4, -0.2) is 0 Å². The van der Waals surface area contributed by atoms with Crippen LogP contribution in [0.5, 0.6) is 0 Å². The summed E-state index contributed by atoms with van der Waals surface area (Å²) in [5.74, 6) is 0. The van der Waals surface area contributed by atoms with E-state index in [9.17, 15) is 0 Å². The van der Waals surface area contributed by atoms with Crippen LogP contribution in [0.15, 0.2) is 72.8 Å². The first-order valence-electron chi connectivity index (χ1n) is 10.4. The number of benzene rings is 4. The molecule has 0 spiro atoms. The highest BCUT2D eigenvalue weighted by Crippen LogP contribution is 2.27. The molecule has 0 bridgehead atoms. The monoisotopic (exact) mass is 368 g/mol. The van der Waals surface area contributed by atoms with Gasteiger partial charge in [0.05, 0.1) is 0 Å². The van der Waals surface area contributed by atoms with Gasteiger partial charge in [-0.25, -0.2) is 0 Å². The minimum absolute atomic E-state index is 1.26. The number of rotatable bonds is 2. The second kappa shape index (κ2) is 10.5. The van der Waals surface area contributed by atoms with Gasteiger partial charge in [-0.05, 0) is 57.6 Å². The van der Waals surface area contributed by atoms with Crippen LogP contribution >= 0.6 is 0 Å². The molecule has 4 aromatic rings. The first kappa shape index (κ1) is 21.4. The van der Waals surface area contributed by atoms with E-state index in [1.54, 1.807) is 0 Å². The minimum Gasteiger partial charge on any atom is -0.0683 e. The zero-order chi connectivity index (χ0) is 20.5. The molecule has 4 rings (SSSR count). The van der Waals surface area contributed by atoms with Crippen LogP contribution in [0.4, 0.5) is 0 Å². The van der Waals surface area contributed by atoms with Crippen molar-refractivity contribution in [3.63, 3.8) is 0 Å². The number of fused-ring (bicyclic) bond motifs is 2. The minimum atomic E-state index is 1.26. The maximum Gasteiger partial charge on any atom is -0.0109 e. The van der Waals surface area contributed by atoms with Gasteiger partial charge in [0.25, 0.3) is 0 Å². The molecule has 0 aliphatic carbocycles. The fraction of sp³-hybridized carbons (Fsp3) is 0.214. The highest BCUT2D eigenvalue weighted by atomic mass is 14.1. The Hall–Kier alpha value is -2.86. The van der Waals surface area contributed by atoms with Gasteiger partial charge in [0.15, 0.2) is 0 Å². The van der Waals surface area contributed by atoms with Gasteiger partial charge in [0.1, 0.15) is 0 Å². The van der Waals surface area contributed by atoms with Gasteiger partial charge in [-0.2, -0.15) is 0 Å². The van der Waals surface area contributed by atoms with Gasteiger partial charge in [0, 0.05) is 0 Å². The summed E-state index contributed by atoms with van der Waals surface area (Å²) in [7, 11) is 0. The predicted molar refractivity (Wildman–Crippen MR) is 129 cm³/mol. The molecule has 0 radical (unpaired) electrons. The average molecular weight is 369 g/mol. The molecule has 28 heavy (non-hydrogen) atoms. The van der Waals surface area contributed by atoms with Crippen LogP contribution < -0.4 is 0 Å². The van der Waals surface area contributed by atoms with Crippen LogP contribution in [0.2, 0.25) is 0 Å². The number of aryl methyl sites for hydroxylation is 2. The van der Waals surface area contributed by atoms with E-state index in [4.69, 9.17) is 0 Å². The van der Waals surface area contributed by atoms with E-state index < -0.39 is 0 Å². The van der Waals surface area contributed by atoms with Crippen molar-refractivity contribution < 1.29 is 0 Å². The van der Waals surface area contributed by atoms with Gasteiger partial charge in [-0.15, -0.1) is 0 Å². The second-order valence-corrected chi connectivity index (χ2v) is 6.37. The Morgan fingerprint density at radius 2 is 0.750 bits per heavy atom. The molecule has 0 amide bonds. The lowest BCUT2D eigenvalue weighted by Crippen LogP contribution is -1.84. The first-order valence-corrected chi connectivity index (χ1v) is 10.4. The van der Waals surface area contributed by atoms with Crippen molar-refractivity contribution in [2.45, 2.75) is 41.5 Å². The average Bonchev–Trinajstić information content (AvgIpc) is 2.78. The Labute approximate surface area is 170 Å². The molecular formula is C28H32. The van der Waals surface area contributed by atoms with Crippen LogP contribution in [0.1, 0.15) is 49.9 Å². The molecule has 0 saturated heterocycles. The number of hydrogen-bond acceptors (Lipinski definition) is 0. The van der Waals surface area contributed by atoms with Gasteiger partial charge in [-0.1, -0.05) is 113 Å². The molecule has 0 atom stereocenters. The normalized spacial score (nSPS) is 10.4. The van der Waals surface area contributed by atoms with E-state index in [1.165, 1.54) is 43.8 Å². The summed E-state index contributed by atoms with van der Waals surface area (Å²) in [6.07, 6.45) is 4.47. The molecule has 0 aromatic heterocycles. The molecule has 0 saturated carbocycles. The van der Waals surface area contributed by atoms with Crippen molar-refractivity contribution in [2.75, 3.05) is 0 Å². The zero-order valence-electron chi connectivity index (χ0n) is 18.1. The van der Waals surface area contributed by atoms with Gasteiger partial charge in [-0.3, -0.25) is 0 Å². The van der Waals surface area contributed by atoms with Crippen molar-refractivity contribution in [1.29, 1.82) is 0 Å². The fourth-order valence-electron chi connectivity index (χ4n) is 3.42. The number of hydrogen-bond donors (Lipinski definition) is 0. The predicted octanol–water partition coefficient (Wildman–Crippen LogP) is 8.83. The van der Waals surface area contributed by atoms with Crippen molar-refractivity contribution in [3.05, 3.63) is 95.1 Å². The SMILES string of the molecule is CC.CC.Cc1ccc(C=Cc2ccc(C)c3ccccc23)c2ccccc12. The maximum atomic E-state index is 2.24. The van der Waals surface area contributed by atoms with E-state index in [0.29, 0.717) is 0 Å². The third-order valence-corrected chi connectivity index (χ3v) is 4.79. The smallest absolute Gasteiger partial charge is 0.0109 e. The third kappa shape index (κ3) is 4.51. The molecular weight excluding hydrogens is 336 g/mol. The van der Waals surface area contributed by atoms with E-state index >= 15 is 0 Å². The van der Waals surface area contributed by atoms with Crippen molar-refractivity contribution in [3.8, 4) is 0 Å². The van der Waals surface area contributed by atoms with Gasteiger partial charge in [0.2, 0.25) is 0 Å². The summed E-state index contributed by atoms with van der Waals surface area (Å²) in [6, 6.07) is 26.1. The maximum absolute atomic E-state index is 2.24. The summed E-state index contributed by atoms with van der Waals surface area (Å²) in [5, 5.41) is 5.28. The largest absolute Gasteiger partial charge is 0.0683 e. The standard InChI is InChI=1S/C24H20.2C2H6/c1-17-11-13-19(23-9-5-3-7-21(17)23)15-16-20-14-12-18(2)22-8-4-6-10-24(20)22;2*1-2/h3-16H,1-2H3;2*1-2H3. The fourth-order valence-corrected chi connectivity index (χ4v) is 3.42. The van der Waals surface area contributed by atoms with Crippen molar-refractivity contribution in [2.24, 2.45) is 0 Å². The van der Waals surface area contributed by atoms with Gasteiger partial charge >= 0.3 is 0 Å². The Morgan fingerprint density at radius 1 is 0.429 bits per heavy atom. The molecule has 0 N–H and O–H groups in total. The lowest BCUT2D eigenvalue weighted by molar-refractivity contribution is 1.50. The molecule has 0 heterocycles. The molecule has 0 aliphatic rings. The quantitative estimate of drug-likeness (QED) is 0.310. The van der Waals surface area contributed by atoms with E-state index in [-0.39, 0.29) is 0 Å². The summed E-state index contributed by atoms with van der Waals surface area (Å²) >= 11 is 0. The summed E-state index contributed by atoms with van der Waals surface area (Å²) in [4.78, 5) is 0. The third-order valence-electron chi connectivity index (χ3n) is 4.79. The van der Waals surface area contributed by atoms with E-state index in [2.05, 4.69) is 98.8 Å². The summed E-state index contributed by atoms with van der Waals surface area (Å²) < 4.78 is 0. The summed E-state index contributed by atoms with van der Waals surface area (Å²) in [5.41, 5.74) is 5.17. The van der Waals surface area contributed by atoms with Crippen molar-refractivity contribution >= 4 is 33.7 Å². The van der Waals surface area contributed by atoms with Gasteiger partial charge < -0.3 is 0 Å². The lowest BCUT2D eigenvalue weighted by atomic mass is 9.97. The van der Waals surface area contributed by atoms with E-state index in [0.717, 1.165) is 0 Å². The zero-order valence-corrected chi connectivity index (χ0v) is 18.1. The molecule has 0 nitrogen and oxygen atoms in total. The van der Waals surface area contributed by atoms with Crippen molar-refractivity contribution in [1.82, 2.24) is 0 Å². The second-order valence-electron chi connectivity index (χ2n) is 6.37. The highest BCUT2D eigenvalue weighted by Gasteiger charge is 2.03. The molecule has 0 unspecified atom stereocenters.